The zero-order valence-corrected chi connectivity index (χ0v) is 11.3. The van der Waals surface area contributed by atoms with Crippen molar-refractivity contribution >= 4 is 5.97 Å². The summed E-state index contributed by atoms with van der Waals surface area (Å²) in [7, 11) is 1.33. The minimum atomic E-state index is -0.343. The van der Waals surface area contributed by atoms with Crippen LogP contribution in [-0.4, -0.2) is 23.3 Å². The van der Waals surface area contributed by atoms with E-state index in [9.17, 15) is 15.0 Å². The average molecular weight is 252 g/mol. The Morgan fingerprint density at radius 3 is 2.39 bits per heavy atom. The number of esters is 1. The molecule has 1 rings (SSSR count). The highest BCUT2D eigenvalue weighted by atomic mass is 16.5. The molecule has 0 aliphatic carbocycles. The minimum Gasteiger partial charge on any atom is -0.507 e. The lowest BCUT2D eigenvalue weighted by Crippen LogP contribution is -2.14. The van der Waals surface area contributed by atoms with E-state index in [4.69, 9.17) is 0 Å². The largest absolute Gasteiger partial charge is 0.507 e. The lowest BCUT2D eigenvalue weighted by Gasteiger charge is -2.23. The molecule has 100 valence electrons. The molecule has 0 unspecified atom stereocenters. The smallest absolute Gasteiger partial charge is 0.309 e. The summed E-state index contributed by atoms with van der Waals surface area (Å²) in [4.78, 5) is 11.3. The Bertz CT molecular complexity index is 444. The van der Waals surface area contributed by atoms with Crippen LogP contribution in [0.5, 0.6) is 5.75 Å². The number of hydrogen-bond donors (Lipinski definition) is 2. The topological polar surface area (TPSA) is 66.8 Å². The van der Waals surface area contributed by atoms with Gasteiger partial charge in [0.1, 0.15) is 5.75 Å². The molecule has 1 aromatic rings. The van der Waals surface area contributed by atoms with Crippen LogP contribution in [0.15, 0.2) is 12.1 Å². The van der Waals surface area contributed by atoms with Gasteiger partial charge in [-0.05, 0) is 22.6 Å². The first-order chi connectivity index (χ1) is 8.29. The number of carbonyl (C=O) groups is 1. The Morgan fingerprint density at radius 2 is 1.94 bits per heavy atom. The molecule has 0 bridgehead atoms. The normalized spacial score (nSPS) is 11.4. The van der Waals surface area contributed by atoms with Gasteiger partial charge < -0.3 is 14.9 Å². The van der Waals surface area contributed by atoms with E-state index in [0.717, 1.165) is 5.56 Å². The molecule has 0 saturated carbocycles. The molecule has 0 atom stereocenters. The average Bonchev–Trinajstić information content (AvgIpc) is 2.29. The van der Waals surface area contributed by atoms with E-state index < -0.39 is 0 Å². The van der Waals surface area contributed by atoms with Crippen LogP contribution in [0.25, 0.3) is 0 Å². The first-order valence-corrected chi connectivity index (χ1v) is 5.82. The molecule has 0 radical (unpaired) electrons. The molecule has 4 heteroatoms. The number of aliphatic hydroxyl groups excluding tert-OH is 1. The minimum absolute atomic E-state index is 0.0959. The van der Waals surface area contributed by atoms with E-state index in [-0.39, 0.29) is 30.2 Å². The van der Waals surface area contributed by atoms with Crippen LogP contribution in [0.4, 0.5) is 0 Å². The van der Waals surface area contributed by atoms with Crippen LogP contribution in [0.3, 0.4) is 0 Å². The molecular weight excluding hydrogens is 232 g/mol. The third kappa shape index (κ3) is 3.23. The first kappa shape index (κ1) is 14.5. The molecule has 18 heavy (non-hydrogen) atoms. The third-order valence-electron chi connectivity index (χ3n) is 2.80. The molecule has 0 spiro atoms. The highest BCUT2D eigenvalue weighted by Gasteiger charge is 2.21. The fourth-order valence-electron chi connectivity index (χ4n) is 1.79. The van der Waals surface area contributed by atoms with Crippen LogP contribution < -0.4 is 0 Å². The second-order valence-corrected chi connectivity index (χ2v) is 5.31. The van der Waals surface area contributed by atoms with Gasteiger partial charge in [-0.25, -0.2) is 0 Å². The van der Waals surface area contributed by atoms with Crippen LogP contribution in [0.1, 0.15) is 37.5 Å². The SMILES string of the molecule is COC(=O)Cc1cc(CO)c(O)c(C(C)(C)C)c1. The molecule has 0 aliphatic heterocycles. The third-order valence-corrected chi connectivity index (χ3v) is 2.80. The number of carbonyl (C=O) groups excluding carboxylic acids is 1. The van der Waals surface area contributed by atoms with E-state index in [1.54, 1.807) is 12.1 Å². The highest BCUT2D eigenvalue weighted by molar-refractivity contribution is 5.72. The van der Waals surface area contributed by atoms with Gasteiger partial charge in [-0.2, -0.15) is 0 Å². The van der Waals surface area contributed by atoms with Crippen molar-refractivity contribution in [3.63, 3.8) is 0 Å². The Labute approximate surface area is 107 Å². The molecule has 0 fully saturated rings. The summed E-state index contributed by atoms with van der Waals surface area (Å²) in [6.07, 6.45) is 0.132. The van der Waals surface area contributed by atoms with Gasteiger partial charge in [0.15, 0.2) is 0 Å². The zero-order valence-electron chi connectivity index (χ0n) is 11.3. The van der Waals surface area contributed by atoms with Crippen molar-refractivity contribution in [3.8, 4) is 5.75 Å². The molecule has 0 aliphatic rings. The Balaban J connectivity index is 3.26. The van der Waals surface area contributed by atoms with Gasteiger partial charge in [-0.15, -0.1) is 0 Å². The highest BCUT2D eigenvalue weighted by Crippen LogP contribution is 2.34. The van der Waals surface area contributed by atoms with Crippen LogP contribution in [-0.2, 0) is 28.0 Å². The van der Waals surface area contributed by atoms with Gasteiger partial charge in [0.25, 0.3) is 0 Å². The van der Waals surface area contributed by atoms with Crippen molar-refractivity contribution in [2.24, 2.45) is 0 Å². The predicted molar refractivity (Wildman–Crippen MR) is 68.4 cm³/mol. The number of benzene rings is 1. The number of ether oxygens (including phenoxy) is 1. The van der Waals surface area contributed by atoms with Crippen molar-refractivity contribution in [2.45, 2.75) is 39.2 Å². The van der Waals surface area contributed by atoms with Gasteiger partial charge in [0.05, 0.1) is 20.1 Å². The zero-order chi connectivity index (χ0) is 13.9. The Morgan fingerprint density at radius 1 is 1.33 bits per heavy atom. The maximum atomic E-state index is 11.3. The summed E-state index contributed by atoms with van der Waals surface area (Å²) in [5, 5.41) is 19.3. The molecule has 0 aromatic heterocycles. The van der Waals surface area contributed by atoms with E-state index >= 15 is 0 Å². The summed E-state index contributed by atoms with van der Waals surface area (Å²) in [6.45, 7) is 5.63. The predicted octanol–water partition coefficient (Wildman–Crippen LogP) is 1.90. The standard InChI is InChI=1S/C14H20O4/c1-14(2,3)11-6-9(7-12(16)18-4)5-10(8-15)13(11)17/h5-6,15,17H,7-8H2,1-4H3. The lowest BCUT2D eigenvalue weighted by atomic mass is 9.83. The van der Waals surface area contributed by atoms with E-state index in [1.165, 1.54) is 7.11 Å². The number of rotatable bonds is 3. The summed E-state index contributed by atoms with van der Waals surface area (Å²) in [6, 6.07) is 3.41. The molecular formula is C14H20O4. The van der Waals surface area contributed by atoms with E-state index in [0.29, 0.717) is 11.1 Å². The van der Waals surface area contributed by atoms with Gasteiger partial charge in [0, 0.05) is 5.56 Å². The van der Waals surface area contributed by atoms with Crippen LogP contribution in [0.2, 0.25) is 0 Å². The summed E-state index contributed by atoms with van der Waals surface area (Å²) < 4.78 is 4.62. The number of hydrogen-bond acceptors (Lipinski definition) is 4. The number of aliphatic hydroxyl groups is 1. The van der Waals surface area contributed by atoms with Crippen LogP contribution in [0, 0.1) is 0 Å². The quantitative estimate of drug-likeness (QED) is 0.806. The number of aromatic hydroxyl groups is 1. The molecule has 1 aromatic carbocycles. The maximum absolute atomic E-state index is 11.3. The fraction of sp³-hybridized carbons (Fsp3) is 0.500. The fourth-order valence-corrected chi connectivity index (χ4v) is 1.79. The Hall–Kier alpha value is -1.55. The number of phenols is 1. The molecule has 4 nitrogen and oxygen atoms in total. The van der Waals surface area contributed by atoms with Crippen molar-refractivity contribution < 1.29 is 19.7 Å². The molecule has 0 heterocycles. The summed E-state index contributed by atoms with van der Waals surface area (Å²) >= 11 is 0. The number of methoxy groups -OCH3 is 1. The molecule has 0 amide bonds. The van der Waals surface area contributed by atoms with Crippen molar-refractivity contribution in [3.05, 3.63) is 28.8 Å². The Kier molecular flexibility index (Phi) is 4.35. The molecule has 0 saturated heterocycles. The van der Waals surface area contributed by atoms with Crippen LogP contribution >= 0.6 is 0 Å². The van der Waals surface area contributed by atoms with Gasteiger partial charge in [0.2, 0.25) is 0 Å². The second kappa shape index (κ2) is 5.40. The second-order valence-electron chi connectivity index (χ2n) is 5.31. The first-order valence-electron chi connectivity index (χ1n) is 5.82. The van der Waals surface area contributed by atoms with E-state index in [1.807, 2.05) is 20.8 Å². The molecule has 2 N–H and O–H groups in total. The summed E-state index contributed by atoms with van der Waals surface area (Å²) in [5.74, 6) is -0.247. The van der Waals surface area contributed by atoms with Crippen molar-refractivity contribution in [1.29, 1.82) is 0 Å². The van der Waals surface area contributed by atoms with Crippen molar-refractivity contribution in [1.82, 2.24) is 0 Å². The van der Waals surface area contributed by atoms with Gasteiger partial charge in [-0.1, -0.05) is 26.8 Å². The van der Waals surface area contributed by atoms with Gasteiger partial charge in [-0.3, -0.25) is 4.79 Å². The van der Waals surface area contributed by atoms with Gasteiger partial charge >= 0.3 is 5.97 Å². The maximum Gasteiger partial charge on any atom is 0.309 e. The monoisotopic (exact) mass is 252 g/mol. The lowest BCUT2D eigenvalue weighted by molar-refractivity contribution is -0.139. The van der Waals surface area contributed by atoms with Crippen molar-refractivity contribution in [2.75, 3.05) is 7.11 Å². The van der Waals surface area contributed by atoms with E-state index in [2.05, 4.69) is 4.74 Å². The summed E-state index contributed by atoms with van der Waals surface area (Å²) in [5.41, 5.74) is 1.61.